The van der Waals surface area contributed by atoms with Crippen LogP contribution in [-0.2, 0) is 12.2 Å². The Morgan fingerprint density at radius 2 is 2.00 bits per heavy atom. The summed E-state index contributed by atoms with van der Waals surface area (Å²) in [4.78, 5) is 17.8. The second kappa shape index (κ2) is 9.97. The van der Waals surface area contributed by atoms with Crippen molar-refractivity contribution in [2.24, 2.45) is 0 Å². The molecule has 8 heteroatoms. The van der Waals surface area contributed by atoms with E-state index in [-0.39, 0.29) is 5.91 Å². The summed E-state index contributed by atoms with van der Waals surface area (Å²) in [6, 6.07) is 13.1. The first-order valence-electron chi connectivity index (χ1n) is 9.11. The summed E-state index contributed by atoms with van der Waals surface area (Å²) >= 11 is 1.49. The molecular formula is C21H23N3O4S. The van der Waals surface area contributed by atoms with E-state index < -0.39 is 0 Å². The average molecular weight is 413 g/mol. The zero-order valence-corrected chi connectivity index (χ0v) is 17.4. The Hall–Kier alpha value is -3.00. The third-order valence-corrected chi connectivity index (χ3v) is 5.28. The van der Waals surface area contributed by atoms with Gasteiger partial charge in [-0.25, -0.2) is 0 Å². The van der Waals surface area contributed by atoms with Crippen LogP contribution in [-0.4, -0.2) is 36.8 Å². The van der Waals surface area contributed by atoms with Crippen molar-refractivity contribution in [3.05, 3.63) is 65.3 Å². The number of aryl methyl sites for hydroxylation is 1. The summed E-state index contributed by atoms with van der Waals surface area (Å²) in [5, 5.41) is 6.76. The van der Waals surface area contributed by atoms with Gasteiger partial charge >= 0.3 is 0 Å². The highest BCUT2D eigenvalue weighted by Gasteiger charge is 2.13. The number of methoxy groups -OCH3 is 2. The average Bonchev–Trinajstić information content (AvgIpc) is 3.17. The molecule has 7 nitrogen and oxygen atoms in total. The number of carbonyl (C=O) groups is 1. The van der Waals surface area contributed by atoms with E-state index in [1.165, 1.54) is 11.8 Å². The van der Waals surface area contributed by atoms with Crippen molar-refractivity contribution < 1.29 is 18.8 Å². The largest absolute Gasteiger partial charge is 0.497 e. The second-order valence-corrected chi connectivity index (χ2v) is 7.22. The summed E-state index contributed by atoms with van der Waals surface area (Å²) in [7, 11) is 3.25. The maximum atomic E-state index is 12.7. The quantitative estimate of drug-likeness (QED) is 0.536. The lowest BCUT2D eigenvalue weighted by Gasteiger charge is -2.12. The van der Waals surface area contributed by atoms with Gasteiger partial charge in [0.05, 0.1) is 25.5 Å². The molecule has 0 aliphatic carbocycles. The van der Waals surface area contributed by atoms with Crippen molar-refractivity contribution >= 4 is 17.7 Å². The molecular weight excluding hydrogens is 390 g/mol. The molecule has 1 aromatic heterocycles. The highest BCUT2D eigenvalue weighted by atomic mass is 32.2. The Morgan fingerprint density at radius 3 is 2.72 bits per heavy atom. The molecule has 152 valence electrons. The van der Waals surface area contributed by atoms with E-state index >= 15 is 0 Å². The predicted molar refractivity (Wildman–Crippen MR) is 111 cm³/mol. The van der Waals surface area contributed by atoms with Gasteiger partial charge < -0.3 is 19.3 Å². The van der Waals surface area contributed by atoms with Gasteiger partial charge in [0, 0.05) is 11.4 Å². The molecule has 0 saturated carbocycles. The van der Waals surface area contributed by atoms with E-state index in [4.69, 9.17) is 14.0 Å². The van der Waals surface area contributed by atoms with Crippen molar-refractivity contribution in [1.29, 1.82) is 0 Å². The van der Waals surface area contributed by atoms with Crippen LogP contribution in [0.5, 0.6) is 11.5 Å². The molecule has 0 aliphatic heterocycles. The molecule has 1 N–H and O–H groups in total. The monoisotopic (exact) mass is 413 g/mol. The van der Waals surface area contributed by atoms with Crippen molar-refractivity contribution in [3.8, 4) is 11.5 Å². The Kier molecular flexibility index (Phi) is 7.13. The van der Waals surface area contributed by atoms with Crippen LogP contribution >= 0.6 is 11.8 Å². The maximum absolute atomic E-state index is 12.7. The standard InChI is InChI=1S/C21H23N3O4S/c1-14-23-20(28-24-14)13-29-19-7-5-4-6-17(19)21(25)22-11-10-15-12-16(26-2)8-9-18(15)27-3/h4-9,12H,10-11,13H2,1-3H3,(H,22,25). The summed E-state index contributed by atoms with van der Waals surface area (Å²) < 4.78 is 15.8. The third kappa shape index (κ3) is 5.51. The Balaban J connectivity index is 1.61. The number of nitrogens with zero attached hydrogens (tertiary/aromatic N) is 2. The Morgan fingerprint density at radius 1 is 1.17 bits per heavy atom. The lowest BCUT2D eigenvalue weighted by molar-refractivity contribution is 0.0951. The fraction of sp³-hybridized carbons (Fsp3) is 0.286. The molecule has 1 amide bonds. The van der Waals surface area contributed by atoms with Gasteiger partial charge in [-0.1, -0.05) is 17.3 Å². The van der Waals surface area contributed by atoms with Gasteiger partial charge in [-0.15, -0.1) is 11.8 Å². The van der Waals surface area contributed by atoms with Crippen LogP contribution in [0.4, 0.5) is 0 Å². The van der Waals surface area contributed by atoms with E-state index in [1.54, 1.807) is 21.1 Å². The number of hydrogen-bond acceptors (Lipinski definition) is 7. The SMILES string of the molecule is COc1ccc(OC)c(CCNC(=O)c2ccccc2SCc2nc(C)no2)c1. The van der Waals surface area contributed by atoms with E-state index in [0.29, 0.717) is 36.0 Å². The molecule has 0 atom stereocenters. The van der Waals surface area contributed by atoms with Crippen molar-refractivity contribution in [1.82, 2.24) is 15.5 Å². The number of aromatic nitrogens is 2. The molecule has 29 heavy (non-hydrogen) atoms. The molecule has 0 aliphatic rings. The van der Waals surface area contributed by atoms with Gasteiger partial charge in [0.15, 0.2) is 5.82 Å². The van der Waals surface area contributed by atoms with Crippen LogP contribution in [0.15, 0.2) is 51.9 Å². The molecule has 1 heterocycles. The normalized spacial score (nSPS) is 10.6. The van der Waals surface area contributed by atoms with E-state index in [0.717, 1.165) is 22.0 Å². The summed E-state index contributed by atoms with van der Waals surface area (Å²) in [5.41, 5.74) is 1.59. The summed E-state index contributed by atoms with van der Waals surface area (Å²) in [6.45, 7) is 2.25. The van der Waals surface area contributed by atoms with Crippen molar-refractivity contribution in [2.75, 3.05) is 20.8 Å². The van der Waals surface area contributed by atoms with Gasteiger partial charge in [0.25, 0.3) is 5.91 Å². The van der Waals surface area contributed by atoms with Crippen LogP contribution in [0.25, 0.3) is 0 Å². The number of hydrogen-bond donors (Lipinski definition) is 1. The van der Waals surface area contributed by atoms with Gasteiger partial charge in [0.1, 0.15) is 11.5 Å². The number of rotatable bonds is 9. The lowest BCUT2D eigenvalue weighted by atomic mass is 10.1. The van der Waals surface area contributed by atoms with E-state index in [9.17, 15) is 4.79 Å². The van der Waals surface area contributed by atoms with Crippen molar-refractivity contribution in [2.45, 2.75) is 24.0 Å². The summed E-state index contributed by atoms with van der Waals surface area (Å²) in [5.74, 6) is 3.03. The van der Waals surface area contributed by atoms with E-state index in [2.05, 4.69) is 15.5 Å². The molecule has 0 unspecified atom stereocenters. The number of carbonyl (C=O) groups excluding carboxylic acids is 1. The molecule has 0 fully saturated rings. The van der Waals surface area contributed by atoms with Gasteiger partial charge in [-0.2, -0.15) is 4.98 Å². The number of ether oxygens (including phenoxy) is 2. The summed E-state index contributed by atoms with van der Waals surface area (Å²) in [6.07, 6.45) is 0.628. The molecule has 3 aromatic rings. The van der Waals surface area contributed by atoms with Crippen LogP contribution < -0.4 is 14.8 Å². The number of nitrogens with one attached hydrogen (secondary N) is 1. The first kappa shape index (κ1) is 20.7. The smallest absolute Gasteiger partial charge is 0.252 e. The highest BCUT2D eigenvalue weighted by Crippen LogP contribution is 2.26. The fourth-order valence-corrected chi connectivity index (χ4v) is 3.69. The number of benzene rings is 2. The molecule has 0 radical (unpaired) electrons. The topological polar surface area (TPSA) is 86.5 Å². The van der Waals surface area contributed by atoms with Crippen LogP contribution in [0, 0.1) is 6.92 Å². The van der Waals surface area contributed by atoms with Crippen molar-refractivity contribution in [3.63, 3.8) is 0 Å². The van der Waals surface area contributed by atoms with Crippen LogP contribution in [0.1, 0.15) is 27.6 Å². The Bertz CT molecular complexity index is 974. The van der Waals surface area contributed by atoms with E-state index in [1.807, 2.05) is 42.5 Å². The van der Waals surface area contributed by atoms with Gasteiger partial charge in [0.2, 0.25) is 5.89 Å². The minimum absolute atomic E-state index is 0.128. The molecule has 0 bridgehead atoms. The van der Waals surface area contributed by atoms with Crippen LogP contribution in [0.3, 0.4) is 0 Å². The zero-order valence-electron chi connectivity index (χ0n) is 16.6. The predicted octanol–water partition coefficient (Wildman–Crippen LogP) is 3.66. The molecule has 3 rings (SSSR count). The Labute approximate surface area is 173 Å². The van der Waals surface area contributed by atoms with Crippen LogP contribution in [0.2, 0.25) is 0 Å². The minimum Gasteiger partial charge on any atom is -0.497 e. The first-order valence-corrected chi connectivity index (χ1v) is 10.1. The fourth-order valence-electron chi connectivity index (χ4n) is 2.80. The first-order chi connectivity index (χ1) is 14.1. The van der Waals surface area contributed by atoms with Gasteiger partial charge in [-0.05, 0) is 49.2 Å². The zero-order chi connectivity index (χ0) is 20.6. The molecule has 0 saturated heterocycles. The number of thioether (sulfide) groups is 1. The lowest BCUT2D eigenvalue weighted by Crippen LogP contribution is -2.26. The highest BCUT2D eigenvalue weighted by molar-refractivity contribution is 7.98. The maximum Gasteiger partial charge on any atom is 0.252 e. The van der Waals surface area contributed by atoms with Gasteiger partial charge in [-0.3, -0.25) is 4.79 Å². The number of amides is 1. The second-order valence-electron chi connectivity index (χ2n) is 6.20. The molecule has 0 spiro atoms. The molecule has 2 aromatic carbocycles. The minimum atomic E-state index is -0.128. The third-order valence-electron chi connectivity index (χ3n) is 4.22.